The number of nitrogens with zero attached hydrogens (tertiary/aromatic N) is 1. The molecule has 0 atom stereocenters. The molecule has 0 aliphatic heterocycles. The number of hydrogen-bond donors (Lipinski definition) is 1. The zero-order valence-electron chi connectivity index (χ0n) is 7.16. The first-order valence-electron chi connectivity index (χ1n) is 4.49. The number of benzene rings is 1. The van der Waals surface area contributed by atoms with Gasteiger partial charge in [-0.3, -0.25) is 0 Å². The summed E-state index contributed by atoms with van der Waals surface area (Å²) in [6.07, 6.45) is 2.63. The molecule has 1 aliphatic rings. The van der Waals surface area contributed by atoms with Gasteiger partial charge in [0.2, 0.25) is 0 Å². The molecule has 0 amide bonds. The highest BCUT2D eigenvalue weighted by molar-refractivity contribution is 7.18. The first kappa shape index (κ1) is 7.33. The van der Waals surface area contributed by atoms with E-state index in [1.807, 2.05) is 18.2 Å². The van der Waals surface area contributed by atoms with Crippen LogP contribution in [0, 0.1) is 0 Å². The summed E-state index contributed by atoms with van der Waals surface area (Å²) >= 11 is 1.79. The van der Waals surface area contributed by atoms with E-state index in [1.54, 1.807) is 11.3 Å². The standard InChI is InChI=1S/C10H10N2S/c11-7-3-4-8-9(5-7)13-10(12-8)6-1-2-6/h3-6H,1-2,11H2. The van der Waals surface area contributed by atoms with Crippen LogP contribution in [-0.4, -0.2) is 4.98 Å². The molecule has 66 valence electrons. The molecule has 3 rings (SSSR count). The fourth-order valence-electron chi connectivity index (χ4n) is 1.46. The van der Waals surface area contributed by atoms with Crippen molar-refractivity contribution < 1.29 is 0 Å². The molecule has 1 aromatic carbocycles. The van der Waals surface area contributed by atoms with Crippen LogP contribution in [0.25, 0.3) is 10.2 Å². The van der Waals surface area contributed by atoms with E-state index in [1.165, 1.54) is 22.5 Å². The van der Waals surface area contributed by atoms with Crippen molar-refractivity contribution in [2.75, 3.05) is 5.73 Å². The topological polar surface area (TPSA) is 38.9 Å². The molecule has 0 unspecified atom stereocenters. The van der Waals surface area contributed by atoms with Gasteiger partial charge < -0.3 is 5.73 Å². The minimum Gasteiger partial charge on any atom is -0.399 e. The van der Waals surface area contributed by atoms with Crippen LogP contribution in [-0.2, 0) is 0 Å². The molecule has 13 heavy (non-hydrogen) atoms. The number of hydrogen-bond acceptors (Lipinski definition) is 3. The molecule has 0 saturated heterocycles. The Balaban J connectivity index is 2.20. The fraction of sp³-hybridized carbons (Fsp3) is 0.300. The number of nitrogen functional groups attached to an aromatic ring is 1. The molecule has 2 N–H and O–H groups in total. The van der Waals surface area contributed by atoms with Crippen molar-refractivity contribution in [3.63, 3.8) is 0 Å². The van der Waals surface area contributed by atoms with Gasteiger partial charge in [0.05, 0.1) is 15.2 Å². The van der Waals surface area contributed by atoms with Gasteiger partial charge in [0.15, 0.2) is 0 Å². The largest absolute Gasteiger partial charge is 0.399 e. The maximum absolute atomic E-state index is 5.70. The van der Waals surface area contributed by atoms with Gasteiger partial charge in [0, 0.05) is 11.6 Å². The Morgan fingerprint density at radius 1 is 1.38 bits per heavy atom. The number of rotatable bonds is 1. The Hall–Kier alpha value is -1.09. The molecule has 1 fully saturated rings. The van der Waals surface area contributed by atoms with Gasteiger partial charge in [-0.25, -0.2) is 4.98 Å². The number of thiazole rings is 1. The highest BCUT2D eigenvalue weighted by Gasteiger charge is 2.26. The summed E-state index contributed by atoms with van der Waals surface area (Å²) in [5.74, 6) is 0.749. The van der Waals surface area contributed by atoms with E-state index in [0.717, 1.165) is 17.1 Å². The van der Waals surface area contributed by atoms with Crippen LogP contribution in [0.3, 0.4) is 0 Å². The van der Waals surface area contributed by atoms with Crippen molar-refractivity contribution in [3.8, 4) is 0 Å². The van der Waals surface area contributed by atoms with E-state index < -0.39 is 0 Å². The molecule has 0 spiro atoms. The smallest absolute Gasteiger partial charge is 0.0969 e. The van der Waals surface area contributed by atoms with Crippen LogP contribution < -0.4 is 5.73 Å². The van der Waals surface area contributed by atoms with Gasteiger partial charge in [-0.1, -0.05) is 0 Å². The first-order valence-corrected chi connectivity index (χ1v) is 5.30. The quantitative estimate of drug-likeness (QED) is 0.702. The molecular weight excluding hydrogens is 180 g/mol. The molecule has 0 radical (unpaired) electrons. The lowest BCUT2D eigenvalue weighted by molar-refractivity contribution is 1.10. The van der Waals surface area contributed by atoms with Gasteiger partial charge in [-0.15, -0.1) is 11.3 Å². The van der Waals surface area contributed by atoms with Gasteiger partial charge in [-0.05, 0) is 31.0 Å². The van der Waals surface area contributed by atoms with Crippen LogP contribution in [0.4, 0.5) is 5.69 Å². The molecule has 1 heterocycles. The third-order valence-corrected chi connectivity index (χ3v) is 3.54. The molecule has 1 saturated carbocycles. The molecular formula is C10H10N2S. The molecule has 3 heteroatoms. The van der Waals surface area contributed by atoms with Crippen LogP contribution in [0.15, 0.2) is 18.2 Å². The second-order valence-electron chi connectivity index (χ2n) is 3.55. The fourth-order valence-corrected chi connectivity index (χ4v) is 2.65. The predicted octanol–water partition coefficient (Wildman–Crippen LogP) is 2.76. The number of fused-ring (bicyclic) bond motifs is 1. The second kappa shape index (κ2) is 2.45. The van der Waals surface area contributed by atoms with Crippen molar-refractivity contribution in [2.24, 2.45) is 0 Å². The molecule has 2 nitrogen and oxygen atoms in total. The average molecular weight is 190 g/mol. The molecule has 0 bridgehead atoms. The van der Waals surface area contributed by atoms with E-state index in [0.29, 0.717) is 0 Å². The van der Waals surface area contributed by atoms with Crippen molar-refractivity contribution in [1.82, 2.24) is 4.98 Å². The summed E-state index contributed by atoms with van der Waals surface area (Å²) in [6, 6.07) is 5.94. The van der Waals surface area contributed by atoms with Gasteiger partial charge in [0.25, 0.3) is 0 Å². The summed E-state index contributed by atoms with van der Waals surface area (Å²) in [7, 11) is 0. The summed E-state index contributed by atoms with van der Waals surface area (Å²) in [6.45, 7) is 0. The van der Waals surface area contributed by atoms with E-state index >= 15 is 0 Å². The number of anilines is 1. The Bertz CT molecular complexity index is 457. The summed E-state index contributed by atoms with van der Waals surface area (Å²) in [5.41, 5.74) is 7.63. The van der Waals surface area contributed by atoms with Crippen molar-refractivity contribution >= 4 is 27.2 Å². The third-order valence-electron chi connectivity index (χ3n) is 2.36. The lowest BCUT2D eigenvalue weighted by Gasteiger charge is -1.89. The minimum absolute atomic E-state index is 0.749. The molecule has 2 aromatic rings. The Labute approximate surface area is 80.4 Å². The maximum atomic E-state index is 5.70. The van der Waals surface area contributed by atoms with Crippen molar-refractivity contribution in [1.29, 1.82) is 0 Å². The molecule has 1 aliphatic carbocycles. The Morgan fingerprint density at radius 2 is 2.23 bits per heavy atom. The Morgan fingerprint density at radius 3 is 3.00 bits per heavy atom. The highest BCUT2D eigenvalue weighted by Crippen LogP contribution is 2.43. The third kappa shape index (κ3) is 1.20. The van der Waals surface area contributed by atoms with Gasteiger partial charge in [0.1, 0.15) is 0 Å². The van der Waals surface area contributed by atoms with Crippen molar-refractivity contribution in [3.05, 3.63) is 23.2 Å². The number of aromatic nitrogens is 1. The lowest BCUT2D eigenvalue weighted by atomic mass is 10.3. The molecule has 1 aromatic heterocycles. The van der Waals surface area contributed by atoms with Crippen LogP contribution in [0.5, 0.6) is 0 Å². The Kier molecular flexibility index (Phi) is 1.38. The van der Waals surface area contributed by atoms with Crippen LogP contribution in [0.1, 0.15) is 23.8 Å². The van der Waals surface area contributed by atoms with Gasteiger partial charge in [-0.2, -0.15) is 0 Å². The van der Waals surface area contributed by atoms with E-state index in [4.69, 9.17) is 5.73 Å². The summed E-state index contributed by atoms with van der Waals surface area (Å²) < 4.78 is 1.22. The van der Waals surface area contributed by atoms with Crippen LogP contribution >= 0.6 is 11.3 Å². The maximum Gasteiger partial charge on any atom is 0.0969 e. The van der Waals surface area contributed by atoms with Crippen LogP contribution in [0.2, 0.25) is 0 Å². The highest BCUT2D eigenvalue weighted by atomic mass is 32.1. The summed E-state index contributed by atoms with van der Waals surface area (Å²) in [4.78, 5) is 4.58. The number of nitrogens with two attached hydrogens (primary N) is 1. The summed E-state index contributed by atoms with van der Waals surface area (Å²) in [5, 5.41) is 1.29. The van der Waals surface area contributed by atoms with E-state index in [2.05, 4.69) is 4.98 Å². The monoisotopic (exact) mass is 190 g/mol. The zero-order chi connectivity index (χ0) is 8.84. The van der Waals surface area contributed by atoms with Gasteiger partial charge >= 0.3 is 0 Å². The lowest BCUT2D eigenvalue weighted by Crippen LogP contribution is -1.81. The van der Waals surface area contributed by atoms with Crippen molar-refractivity contribution in [2.45, 2.75) is 18.8 Å². The SMILES string of the molecule is Nc1ccc2nc(C3CC3)sc2c1. The second-order valence-corrected chi connectivity index (χ2v) is 4.62. The predicted molar refractivity (Wildman–Crippen MR) is 56.0 cm³/mol. The minimum atomic E-state index is 0.749. The zero-order valence-corrected chi connectivity index (χ0v) is 7.97. The average Bonchev–Trinajstić information content (AvgIpc) is 2.87. The van der Waals surface area contributed by atoms with E-state index in [9.17, 15) is 0 Å². The normalized spacial score (nSPS) is 16.6. The first-order chi connectivity index (χ1) is 6.33. The van der Waals surface area contributed by atoms with E-state index in [-0.39, 0.29) is 0 Å².